The summed E-state index contributed by atoms with van der Waals surface area (Å²) in [7, 11) is 0. The zero-order chi connectivity index (χ0) is 18.2. The Balaban J connectivity index is 1.33. The highest BCUT2D eigenvalue weighted by Gasteiger charge is 2.66. The molecule has 6 rings (SSSR count). The van der Waals surface area contributed by atoms with Crippen molar-refractivity contribution in [1.82, 2.24) is 4.90 Å². The summed E-state index contributed by atoms with van der Waals surface area (Å²) in [6.07, 6.45) is 0.847. The minimum absolute atomic E-state index is 0.0965. The molecule has 26 heavy (non-hydrogen) atoms. The second-order valence-corrected chi connectivity index (χ2v) is 7.67. The molecular formula is C19H17F3N2O2. The molecule has 4 nitrogen and oxygen atoms in total. The van der Waals surface area contributed by atoms with Crippen molar-refractivity contribution in [1.29, 1.82) is 0 Å². The monoisotopic (exact) mass is 362 g/mol. The largest absolute Gasteiger partial charge is 0.416 e. The van der Waals surface area contributed by atoms with E-state index in [9.17, 15) is 22.8 Å². The van der Waals surface area contributed by atoms with Gasteiger partial charge in [0.1, 0.15) is 0 Å². The molecule has 3 fully saturated rings. The van der Waals surface area contributed by atoms with Gasteiger partial charge in [-0.2, -0.15) is 13.2 Å². The van der Waals surface area contributed by atoms with Crippen molar-refractivity contribution in [3.63, 3.8) is 0 Å². The number of alkyl halides is 3. The molecule has 6 atom stereocenters. The Kier molecular flexibility index (Phi) is 3.13. The molecule has 1 aliphatic heterocycles. The standard InChI is InChI=1S/C19H17F3N2O2/c20-19(21,22)9-2-1-3-10(6-9)23-8-24-17(25)15-11-4-5-12(14-7-13(11)14)16(15)18(24)26/h1-6,11-16,23H,7-8H2/t11-,12-,13-,14-,15-,16+/m1/s1. The van der Waals surface area contributed by atoms with Crippen molar-refractivity contribution < 1.29 is 22.8 Å². The molecule has 0 aromatic heterocycles. The normalized spacial score (nSPS) is 37.0. The number of carbonyl (C=O) groups excluding carboxylic acids is 2. The molecule has 1 aromatic carbocycles. The fraction of sp³-hybridized carbons (Fsp3) is 0.474. The number of nitrogens with zero attached hydrogens (tertiary/aromatic N) is 1. The molecule has 7 heteroatoms. The number of amides is 2. The number of anilines is 1. The minimum Gasteiger partial charge on any atom is -0.367 e. The quantitative estimate of drug-likeness (QED) is 0.664. The third-order valence-electron chi connectivity index (χ3n) is 6.39. The molecule has 1 saturated heterocycles. The zero-order valence-electron chi connectivity index (χ0n) is 13.7. The third-order valence-corrected chi connectivity index (χ3v) is 6.39. The lowest BCUT2D eigenvalue weighted by Gasteiger charge is -2.37. The average Bonchev–Trinajstić information content (AvgIpc) is 3.38. The van der Waals surface area contributed by atoms with Gasteiger partial charge in [0.25, 0.3) is 0 Å². The van der Waals surface area contributed by atoms with Crippen LogP contribution in [0.25, 0.3) is 0 Å². The van der Waals surface area contributed by atoms with Crippen molar-refractivity contribution >= 4 is 17.5 Å². The minimum atomic E-state index is -4.43. The van der Waals surface area contributed by atoms with Crippen molar-refractivity contribution in [2.24, 2.45) is 35.5 Å². The van der Waals surface area contributed by atoms with Crippen molar-refractivity contribution in [3.05, 3.63) is 42.0 Å². The van der Waals surface area contributed by atoms with Crippen LogP contribution in [-0.4, -0.2) is 23.4 Å². The summed E-state index contributed by atoms with van der Waals surface area (Å²) in [5.41, 5.74) is -0.531. The van der Waals surface area contributed by atoms with Crippen LogP contribution in [0, 0.1) is 35.5 Å². The zero-order valence-corrected chi connectivity index (χ0v) is 13.7. The Morgan fingerprint density at radius 2 is 1.65 bits per heavy atom. The van der Waals surface area contributed by atoms with Crippen molar-refractivity contribution in [3.8, 4) is 0 Å². The van der Waals surface area contributed by atoms with E-state index in [0.29, 0.717) is 11.8 Å². The maximum atomic E-state index is 12.8. The highest BCUT2D eigenvalue weighted by molar-refractivity contribution is 6.06. The number of benzene rings is 1. The number of nitrogens with one attached hydrogen (secondary N) is 1. The van der Waals surface area contributed by atoms with Gasteiger partial charge in [0, 0.05) is 5.69 Å². The topological polar surface area (TPSA) is 49.4 Å². The Morgan fingerprint density at radius 1 is 1.04 bits per heavy atom. The van der Waals surface area contributed by atoms with Gasteiger partial charge >= 0.3 is 6.18 Å². The van der Waals surface area contributed by atoms with Crippen LogP contribution in [-0.2, 0) is 15.8 Å². The van der Waals surface area contributed by atoms with Gasteiger partial charge in [-0.05, 0) is 48.3 Å². The van der Waals surface area contributed by atoms with Gasteiger partial charge in [-0.25, -0.2) is 0 Å². The molecule has 0 radical (unpaired) electrons. The highest BCUT2D eigenvalue weighted by atomic mass is 19.4. The number of halogens is 3. The summed E-state index contributed by atoms with van der Waals surface area (Å²) in [5, 5.41) is 2.81. The van der Waals surface area contributed by atoms with Crippen LogP contribution in [0.15, 0.2) is 36.4 Å². The van der Waals surface area contributed by atoms with Crippen LogP contribution in [0.1, 0.15) is 12.0 Å². The number of likely N-dealkylation sites (tertiary alicyclic amines) is 1. The Labute approximate surface area is 148 Å². The molecule has 0 unspecified atom stereocenters. The van der Waals surface area contributed by atoms with Crippen LogP contribution in [0.5, 0.6) is 0 Å². The molecule has 1 heterocycles. The van der Waals surface area contributed by atoms with Gasteiger partial charge in [-0.15, -0.1) is 0 Å². The molecule has 2 amide bonds. The van der Waals surface area contributed by atoms with E-state index in [1.807, 2.05) is 0 Å². The van der Waals surface area contributed by atoms with Crippen LogP contribution in [0.4, 0.5) is 18.9 Å². The second kappa shape index (κ2) is 5.11. The smallest absolute Gasteiger partial charge is 0.367 e. The first-order chi connectivity index (χ1) is 12.4. The summed E-state index contributed by atoms with van der Waals surface area (Å²) in [5.74, 6) is 0.385. The first kappa shape index (κ1) is 15.9. The van der Waals surface area contributed by atoms with E-state index in [2.05, 4.69) is 17.5 Å². The van der Waals surface area contributed by atoms with E-state index >= 15 is 0 Å². The molecule has 1 N–H and O–H groups in total. The van der Waals surface area contributed by atoms with E-state index in [1.165, 1.54) is 17.0 Å². The third kappa shape index (κ3) is 2.15. The molecular weight excluding hydrogens is 345 g/mol. The van der Waals surface area contributed by atoms with Crippen LogP contribution >= 0.6 is 0 Å². The fourth-order valence-electron chi connectivity index (χ4n) is 5.15. The summed E-state index contributed by atoms with van der Waals surface area (Å²) < 4.78 is 38.4. The highest BCUT2D eigenvalue weighted by Crippen LogP contribution is 2.65. The summed E-state index contributed by atoms with van der Waals surface area (Å²) in [6, 6.07) is 4.77. The SMILES string of the molecule is O=C1[C@@H]2[C@@H]3C=C[C@H]([C@H]4C[C@H]34)[C@@H]2C(=O)N1CNc1cccc(C(F)(F)F)c1. The molecule has 5 aliphatic rings. The van der Waals surface area contributed by atoms with Crippen molar-refractivity contribution in [2.75, 3.05) is 12.0 Å². The van der Waals surface area contributed by atoms with Crippen molar-refractivity contribution in [2.45, 2.75) is 12.6 Å². The number of hydrogen-bond acceptors (Lipinski definition) is 3. The van der Waals surface area contributed by atoms with Gasteiger partial charge in [-0.1, -0.05) is 18.2 Å². The number of rotatable bonds is 3. The van der Waals surface area contributed by atoms with E-state index < -0.39 is 11.7 Å². The van der Waals surface area contributed by atoms with Crippen LogP contribution < -0.4 is 5.32 Å². The lowest BCUT2D eigenvalue weighted by Crippen LogP contribution is -2.40. The van der Waals surface area contributed by atoms with Gasteiger partial charge in [0.05, 0.1) is 24.1 Å². The lowest BCUT2D eigenvalue weighted by atomic mass is 9.63. The maximum Gasteiger partial charge on any atom is 0.416 e. The first-order valence-corrected chi connectivity index (χ1v) is 8.81. The molecule has 1 aromatic rings. The molecule has 0 spiro atoms. The fourth-order valence-corrected chi connectivity index (χ4v) is 5.15. The van der Waals surface area contributed by atoms with Crippen LogP contribution in [0.2, 0.25) is 0 Å². The molecule has 2 bridgehead atoms. The number of allylic oxidation sites excluding steroid dienone is 2. The Bertz CT molecular complexity index is 798. The van der Waals surface area contributed by atoms with E-state index in [4.69, 9.17) is 0 Å². The lowest BCUT2D eigenvalue weighted by molar-refractivity contribution is -0.140. The Morgan fingerprint density at radius 3 is 2.23 bits per heavy atom. The van der Waals surface area contributed by atoms with E-state index in [0.717, 1.165) is 18.6 Å². The number of carbonyl (C=O) groups is 2. The predicted molar refractivity (Wildman–Crippen MR) is 86.5 cm³/mol. The maximum absolute atomic E-state index is 12.8. The van der Waals surface area contributed by atoms with Gasteiger partial charge in [0.2, 0.25) is 11.8 Å². The average molecular weight is 362 g/mol. The van der Waals surface area contributed by atoms with E-state index in [1.54, 1.807) is 0 Å². The molecule has 4 aliphatic carbocycles. The first-order valence-electron chi connectivity index (χ1n) is 8.81. The molecule has 136 valence electrons. The summed E-state index contributed by atoms with van der Waals surface area (Å²) in [6.45, 7) is -0.0965. The van der Waals surface area contributed by atoms with E-state index in [-0.39, 0.29) is 47.8 Å². The Hall–Kier alpha value is -2.31. The molecule has 2 saturated carbocycles. The number of imide groups is 1. The number of hydrogen-bond donors (Lipinski definition) is 1. The van der Waals surface area contributed by atoms with Crippen LogP contribution in [0.3, 0.4) is 0 Å². The summed E-state index contributed by atoms with van der Waals surface area (Å²) in [4.78, 5) is 26.8. The van der Waals surface area contributed by atoms with Gasteiger partial charge < -0.3 is 5.32 Å². The van der Waals surface area contributed by atoms with Gasteiger partial charge in [-0.3, -0.25) is 14.5 Å². The van der Waals surface area contributed by atoms with Gasteiger partial charge in [0.15, 0.2) is 0 Å². The predicted octanol–water partition coefficient (Wildman–Crippen LogP) is 3.13. The second-order valence-electron chi connectivity index (χ2n) is 7.67. The summed E-state index contributed by atoms with van der Waals surface area (Å²) >= 11 is 0.